The van der Waals surface area contributed by atoms with Crippen LogP contribution in [0.3, 0.4) is 0 Å². The first-order valence-electron chi connectivity index (χ1n) is 12.1. The number of para-hydroxylation sites is 1. The van der Waals surface area contributed by atoms with Gasteiger partial charge in [-0.2, -0.15) is 5.09 Å². The highest BCUT2D eigenvalue weighted by atomic mass is 31.2. The van der Waals surface area contributed by atoms with E-state index in [1.54, 1.807) is 51.1 Å². The second-order valence-corrected chi connectivity index (χ2v) is 11.1. The van der Waals surface area contributed by atoms with E-state index in [4.69, 9.17) is 18.5 Å². The number of aryl methyl sites for hydroxylation is 1. The van der Waals surface area contributed by atoms with Crippen LogP contribution in [0.2, 0.25) is 0 Å². The van der Waals surface area contributed by atoms with Crippen molar-refractivity contribution in [2.75, 3.05) is 6.61 Å². The van der Waals surface area contributed by atoms with Gasteiger partial charge in [0.05, 0.1) is 25.2 Å². The molecule has 206 valence electrons. The second-order valence-electron chi connectivity index (χ2n) is 9.43. The number of aliphatic hydroxyl groups excluding tert-OH is 1. The Hall–Kier alpha value is -2.96. The highest BCUT2D eigenvalue weighted by molar-refractivity contribution is 7.52. The number of imidazole rings is 1. The summed E-state index contributed by atoms with van der Waals surface area (Å²) < 4.78 is 53.1. The van der Waals surface area contributed by atoms with Crippen LogP contribution in [0.15, 0.2) is 42.9 Å². The van der Waals surface area contributed by atoms with Crippen molar-refractivity contribution in [3.8, 4) is 5.75 Å². The lowest BCUT2D eigenvalue weighted by Gasteiger charge is -2.25. The molecule has 38 heavy (non-hydrogen) atoms. The number of rotatable bonds is 10. The van der Waals surface area contributed by atoms with Crippen LogP contribution in [0.25, 0.3) is 11.2 Å². The summed E-state index contributed by atoms with van der Waals surface area (Å²) in [6, 6.07) is 7.11. The number of nitrogens with zero attached hydrogens (tertiary/aromatic N) is 4. The fourth-order valence-electron chi connectivity index (χ4n) is 3.94. The Bertz CT molecular complexity index is 1320. The molecule has 2 aromatic heterocycles. The average molecular weight is 552 g/mol. The lowest BCUT2D eigenvalue weighted by atomic mass is 9.98. The highest BCUT2D eigenvalue weighted by Crippen LogP contribution is 2.48. The fourth-order valence-corrected chi connectivity index (χ4v) is 5.44. The van der Waals surface area contributed by atoms with Gasteiger partial charge in [-0.3, -0.25) is 13.9 Å². The maximum absolute atomic E-state index is 15.8. The van der Waals surface area contributed by atoms with Crippen LogP contribution in [-0.4, -0.2) is 67.2 Å². The molecule has 1 unspecified atom stereocenters. The zero-order valence-electron chi connectivity index (χ0n) is 21.6. The zero-order chi connectivity index (χ0) is 27.7. The molecule has 0 amide bonds. The Labute approximate surface area is 219 Å². The monoisotopic (exact) mass is 551 g/mol. The first kappa shape index (κ1) is 28.1. The van der Waals surface area contributed by atoms with Crippen molar-refractivity contribution in [1.82, 2.24) is 24.6 Å². The number of halogens is 1. The van der Waals surface area contributed by atoms with Crippen LogP contribution in [0.4, 0.5) is 4.39 Å². The number of carbonyl (C=O) groups excluding carboxylic acids is 1. The molecule has 14 heteroatoms. The number of ether oxygens (including phenoxy) is 2. The van der Waals surface area contributed by atoms with Crippen molar-refractivity contribution < 1.29 is 37.4 Å². The average Bonchev–Trinajstić information content (AvgIpc) is 3.35. The molecule has 0 aliphatic carbocycles. The molecule has 1 aliphatic heterocycles. The molecule has 0 radical (unpaired) electrons. The third-order valence-corrected chi connectivity index (χ3v) is 7.48. The number of fused-ring (bicyclic) bond motifs is 1. The van der Waals surface area contributed by atoms with E-state index < -0.39 is 56.6 Å². The molecule has 0 bridgehead atoms. The fraction of sp³-hybridized carbons (Fsp3) is 0.500. The topological polar surface area (TPSA) is 147 Å². The Morgan fingerprint density at radius 3 is 2.68 bits per heavy atom. The van der Waals surface area contributed by atoms with E-state index in [1.807, 2.05) is 0 Å². The minimum absolute atomic E-state index is 0.203. The first-order chi connectivity index (χ1) is 17.9. The first-order valence-corrected chi connectivity index (χ1v) is 13.6. The summed E-state index contributed by atoms with van der Waals surface area (Å²) in [7, 11) is -4.25. The number of aromatic nitrogens is 4. The molecule has 3 aromatic rings. The molecule has 1 aromatic carbocycles. The van der Waals surface area contributed by atoms with Crippen molar-refractivity contribution in [3.63, 3.8) is 0 Å². The molecule has 4 rings (SSSR count). The Morgan fingerprint density at radius 2 is 2.00 bits per heavy atom. The second kappa shape index (κ2) is 11.0. The van der Waals surface area contributed by atoms with Crippen LogP contribution in [-0.2, 0) is 23.4 Å². The van der Waals surface area contributed by atoms with Gasteiger partial charge in [-0.05, 0) is 46.8 Å². The molecule has 6 atom stereocenters. The standard InChI is InChI=1S/C24H31FN5O7P/c1-14(2)35-22(32)15(3)29-38(33,37-17-9-7-6-8-10-17)34-12-19-20(31)24(5,25)23(36-19)30-13-27-18-11-26-16(4)28-21(18)30/h6-11,13-15,19-20,23,31H,12H2,1-5H3,(H,29,33)/t15?,19-,20-,23-,24-,38+/m1/s1. The Balaban J connectivity index is 1.54. The van der Waals surface area contributed by atoms with Gasteiger partial charge in [0.25, 0.3) is 0 Å². The van der Waals surface area contributed by atoms with Crippen molar-refractivity contribution in [1.29, 1.82) is 0 Å². The van der Waals surface area contributed by atoms with Gasteiger partial charge in [0.15, 0.2) is 17.5 Å². The third-order valence-electron chi connectivity index (χ3n) is 5.84. The van der Waals surface area contributed by atoms with Crippen LogP contribution in [0.1, 0.15) is 39.7 Å². The van der Waals surface area contributed by atoms with Crippen molar-refractivity contribution in [2.45, 2.75) is 70.9 Å². The van der Waals surface area contributed by atoms with Crippen molar-refractivity contribution >= 4 is 24.9 Å². The largest absolute Gasteiger partial charge is 0.462 e. The van der Waals surface area contributed by atoms with Gasteiger partial charge in [-0.1, -0.05) is 18.2 Å². The maximum atomic E-state index is 15.8. The molecule has 1 aliphatic rings. The summed E-state index contributed by atoms with van der Waals surface area (Å²) >= 11 is 0. The number of aliphatic hydroxyl groups is 1. The van der Waals surface area contributed by atoms with Gasteiger partial charge >= 0.3 is 13.7 Å². The number of hydrogen-bond donors (Lipinski definition) is 2. The third kappa shape index (κ3) is 6.02. The predicted octanol–water partition coefficient (Wildman–Crippen LogP) is 3.25. The lowest BCUT2D eigenvalue weighted by molar-refractivity contribution is -0.149. The number of alkyl halides is 1. The van der Waals surface area contributed by atoms with E-state index >= 15 is 4.39 Å². The number of esters is 1. The SMILES string of the molecule is Cc1ncc2ncn([C@@H]3O[C@H](CO[P@@](=O)(NC(C)C(=O)OC(C)C)Oc4ccccc4)[C@@H](O)[C@@]3(C)F)c2n1. The van der Waals surface area contributed by atoms with Crippen molar-refractivity contribution in [2.24, 2.45) is 0 Å². The summed E-state index contributed by atoms with van der Waals surface area (Å²) in [4.78, 5) is 24.9. The smallest absolute Gasteiger partial charge is 0.459 e. The number of nitrogens with one attached hydrogen (secondary N) is 1. The van der Waals surface area contributed by atoms with Gasteiger partial charge in [-0.15, -0.1) is 0 Å². The van der Waals surface area contributed by atoms with Crippen LogP contribution in [0, 0.1) is 6.92 Å². The molecular weight excluding hydrogens is 520 g/mol. The van der Waals surface area contributed by atoms with Gasteiger partial charge in [0, 0.05) is 0 Å². The van der Waals surface area contributed by atoms with E-state index in [2.05, 4.69) is 20.0 Å². The molecule has 0 saturated carbocycles. The highest BCUT2D eigenvalue weighted by Gasteiger charge is 2.56. The molecule has 1 fully saturated rings. The quantitative estimate of drug-likeness (QED) is 0.283. The minimum atomic E-state index is -4.25. The van der Waals surface area contributed by atoms with Gasteiger partial charge in [-0.25, -0.2) is 23.9 Å². The molecule has 2 N–H and O–H groups in total. The number of benzene rings is 1. The summed E-state index contributed by atoms with van der Waals surface area (Å²) in [5, 5.41) is 13.3. The number of carbonyl (C=O) groups is 1. The normalized spacial score (nSPS) is 25.8. The van der Waals surface area contributed by atoms with Crippen LogP contribution < -0.4 is 9.61 Å². The van der Waals surface area contributed by atoms with E-state index in [-0.39, 0.29) is 5.75 Å². The summed E-state index contributed by atoms with van der Waals surface area (Å²) in [5.74, 6) is -0.0134. The molecule has 3 heterocycles. The summed E-state index contributed by atoms with van der Waals surface area (Å²) in [5.41, 5.74) is -1.53. The van der Waals surface area contributed by atoms with E-state index in [9.17, 15) is 14.5 Å². The molecule has 12 nitrogen and oxygen atoms in total. The van der Waals surface area contributed by atoms with Crippen molar-refractivity contribution in [3.05, 3.63) is 48.7 Å². The maximum Gasteiger partial charge on any atom is 0.459 e. The van der Waals surface area contributed by atoms with E-state index in [0.717, 1.165) is 0 Å². The molecular formula is C24H31FN5O7P. The molecule has 1 saturated heterocycles. The number of hydrogen-bond acceptors (Lipinski definition) is 10. The van der Waals surface area contributed by atoms with Gasteiger partial charge < -0.3 is 19.1 Å². The van der Waals surface area contributed by atoms with E-state index in [0.29, 0.717) is 17.0 Å². The zero-order valence-corrected chi connectivity index (χ0v) is 22.5. The minimum Gasteiger partial charge on any atom is -0.462 e. The summed E-state index contributed by atoms with van der Waals surface area (Å²) in [6.07, 6.45) is -1.76. The predicted molar refractivity (Wildman–Crippen MR) is 134 cm³/mol. The Morgan fingerprint density at radius 1 is 1.29 bits per heavy atom. The van der Waals surface area contributed by atoms with Crippen LogP contribution in [0.5, 0.6) is 5.75 Å². The van der Waals surface area contributed by atoms with Gasteiger partial charge in [0.1, 0.15) is 35.3 Å². The van der Waals surface area contributed by atoms with Gasteiger partial charge in [0.2, 0.25) is 0 Å². The Kier molecular flexibility index (Phi) is 8.15. The van der Waals surface area contributed by atoms with E-state index in [1.165, 1.54) is 30.9 Å². The summed E-state index contributed by atoms with van der Waals surface area (Å²) in [6.45, 7) is 7.15. The lowest BCUT2D eigenvalue weighted by Crippen LogP contribution is -2.41. The van der Waals surface area contributed by atoms with Crippen LogP contribution >= 0.6 is 7.75 Å². The molecule has 0 spiro atoms.